The Morgan fingerprint density at radius 1 is 0.944 bits per heavy atom. The Kier molecular flexibility index (Phi) is 7.52. The van der Waals surface area contributed by atoms with Crippen molar-refractivity contribution in [3.05, 3.63) is 99.1 Å². The minimum Gasteiger partial charge on any atom is -0.462 e. The number of carbonyl (C=O) groups excluding carboxylic acids is 4. The highest BCUT2D eigenvalue weighted by atomic mass is 79.9. The molecule has 36 heavy (non-hydrogen) atoms. The number of carbonyl (C=O) groups is 4. The van der Waals surface area contributed by atoms with Crippen LogP contribution in [0.5, 0.6) is 0 Å². The predicted molar refractivity (Wildman–Crippen MR) is 140 cm³/mol. The first-order chi connectivity index (χ1) is 17.3. The zero-order chi connectivity index (χ0) is 25.8. The van der Waals surface area contributed by atoms with Crippen LogP contribution in [0, 0.1) is 0 Å². The van der Waals surface area contributed by atoms with Crippen LogP contribution in [0.4, 0.5) is 17.1 Å². The van der Waals surface area contributed by atoms with Gasteiger partial charge in [-0.15, -0.1) is 0 Å². The monoisotopic (exact) mass is 567 g/mol. The molecule has 1 aliphatic heterocycles. The van der Waals surface area contributed by atoms with Gasteiger partial charge in [-0.2, -0.15) is 0 Å². The molecule has 0 aliphatic carbocycles. The molecule has 2 N–H and O–H groups in total. The number of imide groups is 1. The van der Waals surface area contributed by atoms with Gasteiger partial charge in [-0.05, 0) is 77.5 Å². The van der Waals surface area contributed by atoms with Gasteiger partial charge in [-0.1, -0.05) is 29.8 Å². The molecule has 1 heterocycles. The second-order valence-corrected chi connectivity index (χ2v) is 8.77. The average molecular weight is 569 g/mol. The normalized spacial score (nSPS) is 13.1. The molecule has 1 aliphatic rings. The molecule has 0 radical (unpaired) electrons. The lowest BCUT2D eigenvalue weighted by Crippen LogP contribution is -2.32. The van der Waals surface area contributed by atoms with Crippen molar-refractivity contribution in [2.24, 2.45) is 0 Å². The van der Waals surface area contributed by atoms with E-state index in [0.29, 0.717) is 16.9 Å². The Hall–Kier alpha value is -3.95. The molecule has 0 atom stereocenters. The number of rotatable bonds is 7. The summed E-state index contributed by atoms with van der Waals surface area (Å²) in [4.78, 5) is 51.3. The number of halogens is 2. The van der Waals surface area contributed by atoms with Gasteiger partial charge in [0, 0.05) is 15.7 Å². The van der Waals surface area contributed by atoms with E-state index in [-0.39, 0.29) is 34.5 Å². The maximum Gasteiger partial charge on any atom is 0.338 e. The van der Waals surface area contributed by atoms with Crippen LogP contribution in [0.15, 0.2) is 88.0 Å². The third-order valence-electron chi connectivity index (χ3n) is 5.18. The summed E-state index contributed by atoms with van der Waals surface area (Å²) in [5, 5.41) is 5.37. The van der Waals surface area contributed by atoms with Gasteiger partial charge < -0.3 is 15.4 Å². The van der Waals surface area contributed by atoms with E-state index in [2.05, 4.69) is 26.6 Å². The standard InChI is InChI=1S/C26H19BrClN3O5/c1-2-36-26(35)15-10-12-18(13-11-15)31-24(33)21(28)22(25(31)34)29-17-7-5-6-16(14-17)23(32)30-20-9-4-3-8-19(20)27/h3-14,29H,2H2,1H3,(H,30,32). The zero-order valence-electron chi connectivity index (χ0n) is 18.9. The zero-order valence-corrected chi connectivity index (χ0v) is 21.2. The molecule has 4 rings (SSSR count). The Labute approximate surface area is 220 Å². The fourth-order valence-corrected chi connectivity index (χ4v) is 4.04. The number of para-hydroxylation sites is 1. The molecule has 8 nitrogen and oxygen atoms in total. The minimum absolute atomic E-state index is 0.125. The first-order valence-electron chi connectivity index (χ1n) is 10.8. The molecule has 0 spiro atoms. The molecule has 10 heteroatoms. The molecular weight excluding hydrogens is 550 g/mol. The fraction of sp³-hybridized carbons (Fsp3) is 0.0769. The number of hydrogen-bond donors (Lipinski definition) is 2. The maximum atomic E-state index is 13.1. The van der Waals surface area contributed by atoms with E-state index >= 15 is 0 Å². The van der Waals surface area contributed by atoms with Gasteiger partial charge >= 0.3 is 5.97 Å². The number of benzene rings is 3. The van der Waals surface area contributed by atoms with Crippen LogP contribution in [0.2, 0.25) is 0 Å². The van der Waals surface area contributed by atoms with Gasteiger partial charge in [0.2, 0.25) is 0 Å². The molecule has 0 bridgehead atoms. The van der Waals surface area contributed by atoms with E-state index in [0.717, 1.165) is 9.37 Å². The summed E-state index contributed by atoms with van der Waals surface area (Å²) in [5.41, 5.74) is 1.73. The first kappa shape index (κ1) is 25.2. The lowest BCUT2D eigenvalue weighted by Gasteiger charge is -2.15. The van der Waals surface area contributed by atoms with Crippen molar-refractivity contribution in [3.63, 3.8) is 0 Å². The van der Waals surface area contributed by atoms with Crippen molar-refractivity contribution in [1.29, 1.82) is 0 Å². The lowest BCUT2D eigenvalue weighted by atomic mass is 10.1. The van der Waals surface area contributed by atoms with Gasteiger partial charge in [0.25, 0.3) is 17.7 Å². The Morgan fingerprint density at radius 3 is 2.36 bits per heavy atom. The van der Waals surface area contributed by atoms with E-state index in [1.54, 1.807) is 43.3 Å². The molecule has 0 saturated carbocycles. The van der Waals surface area contributed by atoms with Crippen LogP contribution in [0.25, 0.3) is 0 Å². The second kappa shape index (κ2) is 10.8. The molecule has 0 fully saturated rings. The smallest absolute Gasteiger partial charge is 0.338 e. The van der Waals surface area contributed by atoms with E-state index in [9.17, 15) is 19.2 Å². The Morgan fingerprint density at radius 2 is 1.67 bits per heavy atom. The molecule has 0 aromatic heterocycles. The molecule has 3 aromatic rings. The molecule has 0 unspecified atom stereocenters. The topological polar surface area (TPSA) is 105 Å². The summed E-state index contributed by atoms with van der Waals surface area (Å²) in [6.07, 6.45) is 0. The van der Waals surface area contributed by atoms with Crippen molar-refractivity contribution < 1.29 is 23.9 Å². The van der Waals surface area contributed by atoms with Crippen molar-refractivity contribution in [2.45, 2.75) is 6.92 Å². The van der Waals surface area contributed by atoms with E-state index in [1.165, 1.54) is 30.3 Å². The van der Waals surface area contributed by atoms with Crippen LogP contribution in [0.1, 0.15) is 27.6 Å². The number of amides is 3. The van der Waals surface area contributed by atoms with Crippen LogP contribution in [-0.2, 0) is 14.3 Å². The van der Waals surface area contributed by atoms with E-state index in [1.807, 2.05) is 6.07 Å². The SMILES string of the molecule is CCOC(=O)c1ccc(N2C(=O)C(Cl)=C(Nc3cccc(C(=O)Nc4ccccc4Br)c3)C2=O)cc1. The number of nitrogens with zero attached hydrogens (tertiary/aromatic N) is 1. The molecular formula is C26H19BrClN3O5. The summed E-state index contributed by atoms with van der Waals surface area (Å²) in [7, 11) is 0. The number of esters is 1. The van der Waals surface area contributed by atoms with Crippen LogP contribution in [0.3, 0.4) is 0 Å². The number of anilines is 3. The predicted octanol–water partition coefficient (Wildman–Crippen LogP) is 5.31. The van der Waals surface area contributed by atoms with Gasteiger partial charge in [0.1, 0.15) is 10.7 Å². The largest absolute Gasteiger partial charge is 0.462 e. The van der Waals surface area contributed by atoms with Gasteiger partial charge in [-0.3, -0.25) is 14.4 Å². The van der Waals surface area contributed by atoms with Crippen molar-refractivity contribution in [3.8, 4) is 0 Å². The third kappa shape index (κ3) is 5.17. The summed E-state index contributed by atoms with van der Waals surface area (Å²) < 4.78 is 5.68. The Balaban J connectivity index is 1.51. The minimum atomic E-state index is -0.712. The number of nitrogens with one attached hydrogen (secondary N) is 2. The fourth-order valence-electron chi connectivity index (χ4n) is 3.45. The first-order valence-corrected chi connectivity index (χ1v) is 12.0. The summed E-state index contributed by atoms with van der Waals surface area (Å²) in [5.74, 6) is -2.25. The molecule has 3 amide bonds. The number of hydrogen-bond acceptors (Lipinski definition) is 6. The summed E-state index contributed by atoms with van der Waals surface area (Å²) in [6.45, 7) is 1.92. The van der Waals surface area contributed by atoms with Crippen LogP contribution >= 0.6 is 27.5 Å². The lowest BCUT2D eigenvalue weighted by molar-refractivity contribution is -0.120. The number of ether oxygens (including phenoxy) is 1. The van der Waals surface area contributed by atoms with E-state index in [4.69, 9.17) is 16.3 Å². The van der Waals surface area contributed by atoms with Crippen molar-refractivity contribution in [2.75, 3.05) is 22.1 Å². The Bertz CT molecular complexity index is 1400. The van der Waals surface area contributed by atoms with Gasteiger partial charge in [-0.25, -0.2) is 9.69 Å². The van der Waals surface area contributed by atoms with Gasteiger partial charge in [0.05, 0.1) is 23.5 Å². The van der Waals surface area contributed by atoms with Gasteiger partial charge in [0.15, 0.2) is 0 Å². The summed E-state index contributed by atoms with van der Waals surface area (Å²) in [6, 6.07) is 19.5. The molecule has 182 valence electrons. The highest BCUT2D eigenvalue weighted by Crippen LogP contribution is 2.31. The van der Waals surface area contributed by atoms with Crippen LogP contribution in [-0.4, -0.2) is 30.3 Å². The quantitative estimate of drug-likeness (QED) is 0.296. The maximum absolute atomic E-state index is 13.1. The molecule has 3 aromatic carbocycles. The highest BCUT2D eigenvalue weighted by Gasteiger charge is 2.39. The van der Waals surface area contributed by atoms with E-state index < -0.39 is 17.8 Å². The second-order valence-electron chi connectivity index (χ2n) is 7.54. The van der Waals surface area contributed by atoms with Crippen molar-refractivity contribution in [1.82, 2.24) is 0 Å². The summed E-state index contributed by atoms with van der Waals surface area (Å²) >= 11 is 9.60. The highest BCUT2D eigenvalue weighted by molar-refractivity contribution is 9.10. The van der Waals surface area contributed by atoms with Crippen molar-refractivity contribution >= 4 is 68.3 Å². The third-order valence-corrected chi connectivity index (χ3v) is 6.22. The average Bonchev–Trinajstić information content (AvgIpc) is 3.08. The van der Waals surface area contributed by atoms with Crippen LogP contribution < -0.4 is 15.5 Å². The molecule has 0 saturated heterocycles.